The van der Waals surface area contributed by atoms with Gasteiger partial charge in [-0.3, -0.25) is 0 Å². The zero-order valence-corrected chi connectivity index (χ0v) is 11.9. The lowest BCUT2D eigenvalue weighted by atomic mass is 10.0. The highest BCUT2D eigenvalue weighted by Crippen LogP contribution is 2.27. The zero-order valence-electron chi connectivity index (χ0n) is 11.9. The van der Waals surface area contributed by atoms with Gasteiger partial charge < -0.3 is 4.98 Å². The normalized spacial score (nSPS) is 10.9. The Bertz CT molecular complexity index is 899. The number of aromatic nitrogens is 4. The van der Waals surface area contributed by atoms with Gasteiger partial charge in [0.1, 0.15) is 5.69 Å². The van der Waals surface area contributed by atoms with Crippen LogP contribution in [0.5, 0.6) is 0 Å². The van der Waals surface area contributed by atoms with E-state index in [1.54, 1.807) is 6.33 Å². The van der Waals surface area contributed by atoms with E-state index in [1.807, 2.05) is 36.5 Å². The van der Waals surface area contributed by atoms with Gasteiger partial charge in [0.05, 0.1) is 12.0 Å². The highest BCUT2D eigenvalue weighted by Gasteiger charge is 2.11. The highest BCUT2D eigenvalue weighted by atomic mass is 15.1. The van der Waals surface area contributed by atoms with E-state index in [4.69, 9.17) is 0 Å². The Morgan fingerprint density at radius 1 is 0.818 bits per heavy atom. The fourth-order valence-electron chi connectivity index (χ4n) is 2.66. The van der Waals surface area contributed by atoms with Crippen LogP contribution < -0.4 is 0 Å². The van der Waals surface area contributed by atoms with E-state index >= 15 is 0 Å². The van der Waals surface area contributed by atoms with Crippen LogP contribution in [0.15, 0.2) is 67.1 Å². The minimum Gasteiger partial charge on any atom is -0.348 e. The van der Waals surface area contributed by atoms with Crippen molar-refractivity contribution in [2.75, 3.05) is 0 Å². The molecule has 0 fully saturated rings. The van der Waals surface area contributed by atoms with Gasteiger partial charge in [0, 0.05) is 34.6 Å². The highest BCUT2D eigenvalue weighted by molar-refractivity contribution is 5.95. The third kappa shape index (κ3) is 2.24. The van der Waals surface area contributed by atoms with Crippen LogP contribution in [-0.4, -0.2) is 20.2 Å². The predicted octanol–water partition coefficient (Wildman–Crippen LogP) is 3.61. The van der Waals surface area contributed by atoms with Crippen LogP contribution in [0.25, 0.3) is 22.0 Å². The molecule has 22 heavy (non-hydrogen) atoms. The average Bonchev–Trinajstić information content (AvgIpc) is 3.09. The van der Waals surface area contributed by atoms with Crippen molar-refractivity contribution in [1.82, 2.24) is 20.2 Å². The van der Waals surface area contributed by atoms with Gasteiger partial charge in [0.25, 0.3) is 0 Å². The molecule has 4 nitrogen and oxygen atoms in total. The second-order valence-electron chi connectivity index (χ2n) is 5.16. The number of rotatable bonds is 3. The summed E-state index contributed by atoms with van der Waals surface area (Å²) in [5, 5.41) is 11.2. The van der Waals surface area contributed by atoms with E-state index in [0.29, 0.717) is 6.42 Å². The molecule has 106 valence electrons. The number of aromatic amines is 1. The summed E-state index contributed by atoms with van der Waals surface area (Å²) in [6, 6.07) is 18.4. The van der Waals surface area contributed by atoms with Crippen LogP contribution in [0, 0.1) is 0 Å². The lowest BCUT2D eigenvalue weighted by Crippen LogP contribution is -1.99. The van der Waals surface area contributed by atoms with Crippen LogP contribution >= 0.6 is 0 Å². The number of hydrogen-bond acceptors (Lipinski definition) is 3. The molecule has 4 heteroatoms. The summed E-state index contributed by atoms with van der Waals surface area (Å²) < 4.78 is 0. The number of fused-ring (bicyclic) bond motifs is 1. The fraction of sp³-hybridized carbons (Fsp3) is 0.0556. The van der Waals surface area contributed by atoms with Gasteiger partial charge in [-0.25, -0.2) is 4.98 Å². The molecule has 2 aromatic heterocycles. The van der Waals surface area contributed by atoms with Gasteiger partial charge in [-0.15, -0.1) is 5.10 Å². The average molecular weight is 286 g/mol. The number of benzene rings is 2. The van der Waals surface area contributed by atoms with Gasteiger partial charge in [0.2, 0.25) is 0 Å². The molecule has 0 aliphatic heterocycles. The van der Waals surface area contributed by atoms with E-state index in [2.05, 4.69) is 44.4 Å². The fourth-order valence-corrected chi connectivity index (χ4v) is 2.66. The van der Waals surface area contributed by atoms with E-state index in [1.165, 1.54) is 0 Å². The molecular weight excluding hydrogens is 272 g/mol. The van der Waals surface area contributed by atoms with Crippen LogP contribution in [0.1, 0.15) is 11.4 Å². The monoisotopic (exact) mass is 286 g/mol. The maximum Gasteiger partial charge on any atom is 0.101 e. The smallest absolute Gasteiger partial charge is 0.101 e. The van der Waals surface area contributed by atoms with Crippen molar-refractivity contribution in [3.05, 3.63) is 78.5 Å². The molecule has 2 heterocycles. The van der Waals surface area contributed by atoms with Crippen LogP contribution in [0.3, 0.4) is 0 Å². The third-order valence-corrected chi connectivity index (χ3v) is 3.72. The standard InChI is InChI=1S/C18H14N4/c1-2-6-13(7-3-1)18-16-9-5-4-8-15(16)17(21-22-18)10-14-11-19-12-20-14/h1-9,11-12H,10H2,(H,19,20). The van der Waals surface area contributed by atoms with E-state index < -0.39 is 0 Å². The molecule has 0 bridgehead atoms. The minimum absolute atomic E-state index is 0.697. The van der Waals surface area contributed by atoms with Crippen LogP contribution in [0.4, 0.5) is 0 Å². The summed E-state index contributed by atoms with van der Waals surface area (Å²) in [4.78, 5) is 7.18. The van der Waals surface area contributed by atoms with Gasteiger partial charge in [-0.2, -0.15) is 5.10 Å². The van der Waals surface area contributed by atoms with E-state index in [9.17, 15) is 0 Å². The quantitative estimate of drug-likeness (QED) is 0.626. The molecule has 0 aliphatic carbocycles. The maximum absolute atomic E-state index is 4.47. The maximum atomic E-state index is 4.47. The van der Waals surface area contributed by atoms with Crippen molar-refractivity contribution in [2.45, 2.75) is 6.42 Å². The largest absolute Gasteiger partial charge is 0.348 e. The van der Waals surface area contributed by atoms with Crippen LogP contribution in [-0.2, 0) is 6.42 Å². The lowest BCUT2D eigenvalue weighted by molar-refractivity contribution is 0.947. The summed E-state index contributed by atoms with van der Waals surface area (Å²) in [5.41, 5.74) is 4.00. The molecule has 4 aromatic rings. The number of nitrogens with zero attached hydrogens (tertiary/aromatic N) is 3. The number of imidazole rings is 1. The van der Waals surface area contributed by atoms with Crippen molar-refractivity contribution in [1.29, 1.82) is 0 Å². The molecule has 0 saturated heterocycles. The summed E-state index contributed by atoms with van der Waals surface area (Å²) in [6.07, 6.45) is 4.20. The Balaban J connectivity index is 1.88. The van der Waals surface area contributed by atoms with Gasteiger partial charge >= 0.3 is 0 Å². The molecule has 0 spiro atoms. The summed E-state index contributed by atoms with van der Waals surface area (Å²) >= 11 is 0. The van der Waals surface area contributed by atoms with Crippen molar-refractivity contribution in [2.24, 2.45) is 0 Å². The topological polar surface area (TPSA) is 54.5 Å². The van der Waals surface area contributed by atoms with E-state index in [0.717, 1.165) is 33.4 Å². The van der Waals surface area contributed by atoms with Gasteiger partial charge in [-0.05, 0) is 0 Å². The summed E-state index contributed by atoms with van der Waals surface area (Å²) in [7, 11) is 0. The van der Waals surface area contributed by atoms with Gasteiger partial charge in [-0.1, -0.05) is 54.6 Å². The Hall–Kier alpha value is -3.01. The number of H-pyrrole nitrogens is 1. The first-order chi connectivity index (χ1) is 10.9. The Morgan fingerprint density at radius 2 is 1.59 bits per heavy atom. The molecule has 4 rings (SSSR count). The Labute approximate surface area is 127 Å². The predicted molar refractivity (Wildman–Crippen MR) is 86.4 cm³/mol. The first-order valence-corrected chi connectivity index (χ1v) is 7.19. The molecule has 2 aromatic carbocycles. The molecule has 1 N–H and O–H groups in total. The molecular formula is C18H14N4. The van der Waals surface area contributed by atoms with E-state index in [-0.39, 0.29) is 0 Å². The van der Waals surface area contributed by atoms with Gasteiger partial charge in [0.15, 0.2) is 0 Å². The number of hydrogen-bond donors (Lipinski definition) is 1. The molecule has 0 atom stereocenters. The van der Waals surface area contributed by atoms with Crippen molar-refractivity contribution in [3.8, 4) is 11.3 Å². The Morgan fingerprint density at radius 3 is 2.36 bits per heavy atom. The molecule has 0 saturated carbocycles. The van der Waals surface area contributed by atoms with Crippen molar-refractivity contribution in [3.63, 3.8) is 0 Å². The second kappa shape index (κ2) is 5.41. The third-order valence-electron chi connectivity index (χ3n) is 3.72. The molecule has 0 amide bonds. The summed E-state index contributed by atoms with van der Waals surface area (Å²) in [5.74, 6) is 0. The second-order valence-corrected chi connectivity index (χ2v) is 5.16. The summed E-state index contributed by atoms with van der Waals surface area (Å²) in [6.45, 7) is 0. The van der Waals surface area contributed by atoms with Crippen molar-refractivity contribution < 1.29 is 0 Å². The number of nitrogens with one attached hydrogen (secondary N) is 1. The zero-order chi connectivity index (χ0) is 14.8. The first-order valence-electron chi connectivity index (χ1n) is 7.19. The molecule has 0 unspecified atom stereocenters. The minimum atomic E-state index is 0.697. The molecule has 0 aliphatic rings. The first kappa shape index (κ1) is 12.7. The molecule has 0 radical (unpaired) electrons. The Kier molecular flexibility index (Phi) is 3.12. The van der Waals surface area contributed by atoms with Crippen molar-refractivity contribution >= 4 is 10.8 Å². The lowest BCUT2D eigenvalue weighted by Gasteiger charge is -2.08. The van der Waals surface area contributed by atoms with Crippen LogP contribution in [0.2, 0.25) is 0 Å². The SMILES string of the molecule is c1ccc(-c2nnc(Cc3cnc[nH]3)c3ccccc23)cc1.